The number of rotatable bonds is 11. The lowest BCUT2D eigenvalue weighted by Crippen LogP contribution is -2.39. The Kier molecular flexibility index (Phi) is 9.57. The molecular weight excluding hydrogens is 288 g/mol. The smallest absolute Gasteiger partial charge is 0.223 e. The Bertz CT molecular complexity index is 432. The lowest BCUT2D eigenvalue weighted by molar-refractivity contribution is -0.126. The molecular formula is C19H32N2O2. The van der Waals surface area contributed by atoms with Crippen LogP contribution in [-0.2, 0) is 16.0 Å². The van der Waals surface area contributed by atoms with Crippen molar-refractivity contribution >= 4 is 5.91 Å². The number of amides is 1. The first kappa shape index (κ1) is 19.7. The third kappa shape index (κ3) is 8.72. The van der Waals surface area contributed by atoms with Crippen LogP contribution in [0.1, 0.15) is 33.3 Å². The predicted molar refractivity (Wildman–Crippen MR) is 95.4 cm³/mol. The summed E-state index contributed by atoms with van der Waals surface area (Å²) in [6.07, 6.45) is 1.06. The molecule has 0 aliphatic heterocycles. The summed E-state index contributed by atoms with van der Waals surface area (Å²) in [5.74, 6) is 0.480. The lowest BCUT2D eigenvalue weighted by Gasteiger charge is -2.20. The minimum Gasteiger partial charge on any atom is -0.377 e. The molecule has 4 heteroatoms. The van der Waals surface area contributed by atoms with E-state index < -0.39 is 0 Å². The first-order chi connectivity index (χ1) is 11.0. The van der Waals surface area contributed by atoms with Crippen molar-refractivity contribution in [3.63, 3.8) is 0 Å². The number of carbonyl (C=O) groups excluding carboxylic acids is 1. The van der Waals surface area contributed by atoms with Gasteiger partial charge in [0.1, 0.15) is 0 Å². The van der Waals surface area contributed by atoms with Gasteiger partial charge in [-0.15, -0.1) is 0 Å². The van der Waals surface area contributed by atoms with E-state index >= 15 is 0 Å². The molecule has 2 N–H and O–H groups in total. The highest BCUT2D eigenvalue weighted by molar-refractivity contribution is 5.79. The molecule has 0 fully saturated rings. The third-order valence-corrected chi connectivity index (χ3v) is 3.77. The Morgan fingerprint density at radius 1 is 1.04 bits per heavy atom. The quantitative estimate of drug-likeness (QED) is 0.616. The number of hydrogen-bond acceptors (Lipinski definition) is 3. The average molecular weight is 320 g/mol. The molecule has 0 aliphatic rings. The fourth-order valence-electron chi connectivity index (χ4n) is 2.40. The number of nitrogens with one attached hydrogen (secondary N) is 2. The van der Waals surface area contributed by atoms with E-state index in [2.05, 4.69) is 36.6 Å². The van der Waals surface area contributed by atoms with Crippen LogP contribution in [-0.4, -0.2) is 38.3 Å². The Morgan fingerprint density at radius 3 is 2.35 bits per heavy atom. The second-order valence-corrected chi connectivity index (χ2v) is 6.50. The molecule has 0 unspecified atom stereocenters. The van der Waals surface area contributed by atoms with E-state index in [0.717, 1.165) is 19.5 Å². The topological polar surface area (TPSA) is 50.4 Å². The monoisotopic (exact) mass is 320 g/mol. The zero-order valence-electron chi connectivity index (χ0n) is 15.0. The Hall–Kier alpha value is -1.39. The second-order valence-electron chi connectivity index (χ2n) is 6.50. The fourth-order valence-corrected chi connectivity index (χ4v) is 2.40. The molecule has 0 radical (unpaired) electrons. The predicted octanol–water partition coefficient (Wildman–Crippen LogP) is 2.63. The minimum atomic E-state index is 0.0154. The van der Waals surface area contributed by atoms with Crippen LogP contribution in [0, 0.1) is 11.8 Å². The molecule has 1 aromatic rings. The summed E-state index contributed by atoms with van der Waals surface area (Å²) in [4.78, 5) is 12.4. The third-order valence-electron chi connectivity index (χ3n) is 3.77. The van der Waals surface area contributed by atoms with E-state index in [-0.39, 0.29) is 17.9 Å². The van der Waals surface area contributed by atoms with Crippen molar-refractivity contribution in [2.75, 3.05) is 26.2 Å². The molecule has 1 rings (SSSR count). The maximum Gasteiger partial charge on any atom is 0.223 e. The van der Waals surface area contributed by atoms with E-state index in [1.54, 1.807) is 0 Å². The summed E-state index contributed by atoms with van der Waals surface area (Å²) in [6.45, 7) is 11.2. The largest absolute Gasteiger partial charge is 0.377 e. The van der Waals surface area contributed by atoms with E-state index in [0.29, 0.717) is 19.1 Å². The molecule has 0 bridgehead atoms. The van der Waals surface area contributed by atoms with Crippen LogP contribution in [0.5, 0.6) is 0 Å². The molecule has 0 aromatic heterocycles. The van der Waals surface area contributed by atoms with Crippen molar-refractivity contribution in [2.24, 2.45) is 11.8 Å². The van der Waals surface area contributed by atoms with Gasteiger partial charge in [0.25, 0.3) is 0 Å². The zero-order valence-corrected chi connectivity index (χ0v) is 15.0. The Morgan fingerprint density at radius 2 is 1.74 bits per heavy atom. The van der Waals surface area contributed by atoms with Gasteiger partial charge in [-0.3, -0.25) is 4.79 Å². The van der Waals surface area contributed by atoms with Gasteiger partial charge >= 0.3 is 0 Å². The normalized spacial score (nSPS) is 12.6. The van der Waals surface area contributed by atoms with Crippen LogP contribution in [0.3, 0.4) is 0 Å². The van der Waals surface area contributed by atoms with Crippen molar-refractivity contribution in [1.82, 2.24) is 10.6 Å². The standard InChI is InChI=1S/C19H32N2O2/c1-15(2)18(14-17-8-6-5-7-9-17)19(22)21-11-10-20-12-13-23-16(3)4/h5-9,15-16,18,20H,10-14H2,1-4H3,(H,21,22)/t18-/m0/s1. The molecule has 23 heavy (non-hydrogen) atoms. The first-order valence-corrected chi connectivity index (χ1v) is 8.64. The van der Waals surface area contributed by atoms with Crippen molar-refractivity contribution in [3.8, 4) is 0 Å². The van der Waals surface area contributed by atoms with Gasteiger partial charge < -0.3 is 15.4 Å². The van der Waals surface area contributed by atoms with Gasteiger partial charge in [0.2, 0.25) is 5.91 Å². The van der Waals surface area contributed by atoms with Crippen LogP contribution < -0.4 is 10.6 Å². The summed E-state index contributed by atoms with van der Waals surface area (Å²) in [6, 6.07) is 10.2. The van der Waals surface area contributed by atoms with E-state index in [1.807, 2.05) is 32.0 Å². The molecule has 0 spiro atoms. The van der Waals surface area contributed by atoms with Crippen molar-refractivity contribution in [2.45, 2.75) is 40.2 Å². The summed E-state index contributed by atoms with van der Waals surface area (Å²) >= 11 is 0. The summed E-state index contributed by atoms with van der Waals surface area (Å²) in [5.41, 5.74) is 1.21. The zero-order chi connectivity index (χ0) is 17.1. The maximum absolute atomic E-state index is 12.4. The van der Waals surface area contributed by atoms with Crippen molar-refractivity contribution in [1.29, 1.82) is 0 Å². The molecule has 0 saturated carbocycles. The molecule has 1 atom stereocenters. The second kappa shape index (κ2) is 11.2. The van der Waals surface area contributed by atoms with Crippen molar-refractivity contribution < 1.29 is 9.53 Å². The van der Waals surface area contributed by atoms with Crippen LogP contribution >= 0.6 is 0 Å². The summed E-state index contributed by atoms with van der Waals surface area (Å²) < 4.78 is 5.46. The van der Waals surface area contributed by atoms with Crippen LogP contribution in [0.2, 0.25) is 0 Å². The molecule has 4 nitrogen and oxygen atoms in total. The highest BCUT2D eigenvalue weighted by Gasteiger charge is 2.21. The van der Waals surface area contributed by atoms with Crippen LogP contribution in [0.25, 0.3) is 0 Å². The van der Waals surface area contributed by atoms with E-state index in [9.17, 15) is 4.79 Å². The Labute approximate surface area is 141 Å². The van der Waals surface area contributed by atoms with Gasteiger partial charge in [0.15, 0.2) is 0 Å². The van der Waals surface area contributed by atoms with Gasteiger partial charge in [0, 0.05) is 25.6 Å². The van der Waals surface area contributed by atoms with Gasteiger partial charge in [-0.2, -0.15) is 0 Å². The SMILES string of the molecule is CC(C)OCCNCCNC(=O)[C@@H](Cc1ccccc1)C(C)C. The Balaban J connectivity index is 2.27. The molecule has 0 saturated heterocycles. The summed E-state index contributed by atoms with van der Waals surface area (Å²) in [7, 11) is 0. The van der Waals surface area contributed by atoms with E-state index in [1.165, 1.54) is 5.56 Å². The van der Waals surface area contributed by atoms with Crippen molar-refractivity contribution in [3.05, 3.63) is 35.9 Å². The van der Waals surface area contributed by atoms with Gasteiger partial charge in [-0.1, -0.05) is 44.2 Å². The lowest BCUT2D eigenvalue weighted by atomic mass is 9.88. The molecule has 1 aromatic carbocycles. The molecule has 0 aliphatic carbocycles. The molecule has 1 amide bonds. The highest BCUT2D eigenvalue weighted by atomic mass is 16.5. The van der Waals surface area contributed by atoms with E-state index in [4.69, 9.17) is 4.74 Å². The molecule has 0 heterocycles. The van der Waals surface area contributed by atoms with Gasteiger partial charge in [-0.05, 0) is 31.7 Å². The number of ether oxygens (including phenoxy) is 1. The van der Waals surface area contributed by atoms with Gasteiger partial charge in [-0.25, -0.2) is 0 Å². The maximum atomic E-state index is 12.4. The fraction of sp³-hybridized carbons (Fsp3) is 0.632. The average Bonchev–Trinajstić information content (AvgIpc) is 2.52. The van der Waals surface area contributed by atoms with Gasteiger partial charge in [0.05, 0.1) is 12.7 Å². The van der Waals surface area contributed by atoms with Crippen LogP contribution in [0.15, 0.2) is 30.3 Å². The number of hydrogen-bond donors (Lipinski definition) is 2. The number of benzene rings is 1. The highest BCUT2D eigenvalue weighted by Crippen LogP contribution is 2.17. The van der Waals surface area contributed by atoms with Crippen LogP contribution in [0.4, 0.5) is 0 Å². The molecule has 130 valence electrons. The minimum absolute atomic E-state index is 0.0154. The first-order valence-electron chi connectivity index (χ1n) is 8.64. The summed E-state index contributed by atoms with van der Waals surface area (Å²) in [5, 5.41) is 6.32. The number of carbonyl (C=O) groups is 1.